The van der Waals surface area contributed by atoms with Crippen LogP contribution in [0.3, 0.4) is 0 Å². The first-order valence-corrected chi connectivity index (χ1v) is 9.11. The molecule has 126 valence electrons. The van der Waals surface area contributed by atoms with Crippen LogP contribution in [-0.4, -0.2) is 60.6 Å². The molecule has 0 spiro atoms. The van der Waals surface area contributed by atoms with E-state index in [1.54, 1.807) is 16.4 Å². The molecule has 0 radical (unpaired) electrons. The molecule has 8 heteroatoms. The number of fused-ring (bicyclic) bond motifs is 1. The summed E-state index contributed by atoms with van der Waals surface area (Å²) in [5.74, 6) is 0.679. The highest BCUT2D eigenvalue weighted by molar-refractivity contribution is 7.15. The van der Waals surface area contributed by atoms with Crippen molar-refractivity contribution in [2.24, 2.45) is 17.8 Å². The third-order valence-corrected chi connectivity index (χ3v) is 5.89. The minimum absolute atomic E-state index is 0.0923. The zero-order valence-corrected chi connectivity index (χ0v) is 14.1. The topological polar surface area (TPSA) is 67.8 Å². The quantitative estimate of drug-likeness (QED) is 0.804. The maximum Gasteiger partial charge on any atom is 0.251 e. The van der Waals surface area contributed by atoms with Crippen molar-refractivity contribution < 1.29 is 14.4 Å². The summed E-state index contributed by atoms with van der Waals surface area (Å²) in [6.07, 6.45) is 2.05. The Hall–Kier alpha value is -1.25. The van der Waals surface area contributed by atoms with Crippen LogP contribution in [0.4, 0.5) is 5.13 Å². The Labute approximate surface area is 139 Å². The van der Waals surface area contributed by atoms with Gasteiger partial charge in [-0.05, 0) is 25.7 Å². The molecule has 0 bridgehead atoms. The molecule has 3 aliphatic rings. The van der Waals surface area contributed by atoms with Gasteiger partial charge in [0.1, 0.15) is 5.01 Å². The maximum absolute atomic E-state index is 12.8. The largest absolute Gasteiger partial charge is 0.380 e. The highest BCUT2D eigenvalue weighted by atomic mass is 32.1. The zero-order chi connectivity index (χ0) is 15.8. The number of hydrogen-bond donors (Lipinski definition) is 0. The predicted octanol–water partition coefficient (Wildman–Crippen LogP) is 1.10. The number of amides is 1. The fourth-order valence-corrected chi connectivity index (χ4v) is 4.48. The van der Waals surface area contributed by atoms with Crippen molar-refractivity contribution in [2.75, 3.05) is 44.4 Å². The molecule has 0 aliphatic carbocycles. The average Bonchev–Trinajstić information content (AvgIpc) is 3.20. The summed E-state index contributed by atoms with van der Waals surface area (Å²) in [5.41, 5.74) is 0. The third-order valence-electron chi connectivity index (χ3n) is 4.99. The van der Waals surface area contributed by atoms with E-state index < -0.39 is 0 Å². The van der Waals surface area contributed by atoms with Crippen molar-refractivity contribution in [1.29, 1.82) is 0 Å². The number of rotatable bonds is 2. The van der Waals surface area contributed by atoms with E-state index in [4.69, 9.17) is 9.57 Å². The summed E-state index contributed by atoms with van der Waals surface area (Å²) in [5, 5.41) is 11.9. The van der Waals surface area contributed by atoms with Gasteiger partial charge in [0.2, 0.25) is 5.13 Å². The highest BCUT2D eigenvalue weighted by Crippen LogP contribution is 2.38. The van der Waals surface area contributed by atoms with Gasteiger partial charge in [-0.15, -0.1) is 10.2 Å². The second kappa shape index (κ2) is 6.33. The molecule has 1 amide bonds. The van der Waals surface area contributed by atoms with Gasteiger partial charge < -0.3 is 9.64 Å². The first kappa shape index (κ1) is 15.3. The smallest absolute Gasteiger partial charge is 0.251 e. The van der Waals surface area contributed by atoms with Crippen molar-refractivity contribution in [3.05, 3.63) is 5.01 Å². The molecule has 3 atom stereocenters. The van der Waals surface area contributed by atoms with Crippen LogP contribution >= 0.6 is 11.3 Å². The van der Waals surface area contributed by atoms with E-state index in [0.29, 0.717) is 31.6 Å². The fraction of sp³-hybridized carbons (Fsp3) is 0.800. The van der Waals surface area contributed by atoms with Gasteiger partial charge in [-0.3, -0.25) is 9.63 Å². The Morgan fingerprint density at radius 2 is 2.17 bits per heavy atom. The van der Waals surface area contributed by atoms with Crippen molar-refractivity contribution in [3.8, 4) is 0 Å². The minimum atomic E-state index is -0.106. The van der Waals surface area contributed by atoms with Gasteiger partial charge in [-0.25, -0.2) is 5.06 Å². The highest BCUT2D eigenvalue weighted by Gasteiger charge is 2.46. The molecule has 3 saturated heterocycles. The number of hydrogen-bond acceptors (Lipinski definition) is 7. The van der Waals surface area contributed by atoms with Crippen molar-refractivity contribution in [3.63, 3.8) is 0 Å². The molecule has 4 heterocycles. The molecule has 0 N–H and O–H groups in total. The average molecular weight is 338 g/mol. The van der Waals surface area contributed by atoms with Crippen LogP contribution in [0.1, 0.15) is 17.8 Å². The molecule has 7 nitrogen and oxygen atoms in total. The zero-order valence-electron chi connectivity index (χ0n) is 13.3. The monoisotopic (exact) mass is 338 g/mol. The number of anilines is 1. The standard InChI is InChI=1S/C15H22N4O3S/c1-10-16-17-15(23-10)18-6-11-8-21-9-13(12(11)7-18)14(20)19-4-2-3-5-22-19/h11-13H,2-9H2,1H3/t11-,12-,13+/m1/s1. The summed E-state index contributed by atoms with van der Waals surface area (Å²) < 4.78 is 5.74. The molecule has 0 aromatic carbocycles. The fourth-order valence-electron chi connectivity index (χ4n) is 3.78. The van der Waals surface area contributed by atoms with E-state index in [1.165, 1.54) is 0 Å². The number of nitrogens with zero attached hydrogens (tertiary/aromatic N) is 4. The van der Waals surface area contributed by atoms with Gasteiger partial charge in [0.05, 0.1) is 25.7 Å². The Balaban J connectivity index is 1.48. The number of ether oxygens (including phenoxy) is 1. The number of hydroxylamine groups is 2. The van der Waals surface area contributed by atoms with Crippen LogP contribution in [0.5, 0.6) is 0 Å². The van der Waals surface area contributed by atoms with Crippen LogP contribution in [0.2, 0.25) is 0 Å². The van der Waals surface area contributed by atoms with Gasteiger partial charge in [0.25, 0.3) is 5.91 Å². The number of aromatic nitrogens is 2. The van der Waals surface area contributed by atoms with Crippen LogP contribution in [0.15, 0.2) is 0 Å². The van der Waals surface area contributed by atoms with E-state index in [0.717, 1.165) is 42.7 Å². The van der Waals surface area contributed by atoms with E-state index in [9.17, 15) is 4.79 Å². The number of aryl methyl sites for hydroxylation is 1. The molecular weight excluding hydrogens is 316 g/mol. The van der Waals surface area contributed by atoms with E-state index >= 15 is 0 Å². The molecule has 0 saturated carbocycles. The molecule has 0 unspecified atom stereocenters. The SMILES string of the molecule is Cc1nnc(N2C[C@@H]3COC[C@H](C(=O)N4CCCCO4)[C@@H]3C2)s1. The molecular formula is C15H22N4O3S. The number of carbonyl (C=O) groups is 1. The van der Waals surface area contributed by atoms with Gasteiger partial charge in [0.15, 0.2) is 0 Å². The first-order valence-electron chi connectivity index (χ1n) is 8.29. The molecule has 3 fully saturated rings. The lowest BCUT2D eigenvalue weighted by Gasteiger charge is -2.36. The summed E-state index contributed by atoms with van der Waals surface area (Å²) in [4.78, 5) is 20.6. The van der Waals surface area contributed by atoms with Crippen LogP contribution in [0, 0.1) is 24.7 Å². The Morgan fingerprint density at radius 3 is 2.91 bits per heavy atom. The van der Waals surface area contributed by atoms with E-state index in [-0.39, 0.29) is 11.8 Å². The van der Waals surface area contributed by atoms with Crippen LogP contribution < -0.4 is 4.90 Å². The predicted molar refractivity (Wildman–Crippen MR) is 85.0 cm³/mol. The Morgan fingerprint density at radius 1 is 1.26 bits per heavy atom. The normalized spacial score (nSPS) is 31.3. The Bertz CT molecular complexity index is 575. The van der Waals surface area contributed by atoms with Crippen molar-refractivity contribution in [2.45, 2.75) is 19.8 Å². The van der Waals surface area contributed by atoms with E-state index in [2.05, 4.69) is 15.1 Å². The summed E-state index contributed by atoms with van der Waals surface area (Å²) in [6.45, 7) is 6.28. The maximum atomic E-state index is 12.8. The Kier molecular flexibility index (Phi) is 4.21. The van der Waals surface area contributed by atoms with E-state index in [1.807, 2.05) is 6.92 Å². The van der Waals surface area contributed by atoms with Gasteiger partial charge in [-0.2, -0.15) is 0 Å². The summed E-state index contributed by atoms with van der Waals surface area (Å²) in [7, 11) is 0. The molecule has 3 aliphatic heterocycles. The molecule has 23 heavy (non-hydrogen) atoms. The lowest BCUT2D eigenvalue weighted by molar-refractivity contribution is -0.207. The second-order valence-electron chi connectivity index (χ2n) is 6.56. The lowest BCUT2D eigenvalue weighted by Crippen LogP contribution is -2.47. The third kappa shape index (κ3) is 2.95. The first-order chi connectivity index (χ1) is 11.2. The van der Waals surface area contributed by atoms with Crippen molar-refractivity contribution >= 4 is 22.4 Å². The van der Waals surface area contributed by atoms with Crippen molar-refractivity contribution in [1.82, 2.24) is 15.3 Å². The second-order valence-corrected chi connectivity index (χ2v) is 7.72. The summed E-state index contributed by atoms with van der Waals surface area (Å²) in [6, 6.07) is 0. The molecule has 1 aromatic rings. The van der Waals surface area contributed by atoms with Crippen LogP contribution in [0.25, 0.3) is 0 Å². The number of carbonyl (C=O) groups excluding carboxylic acids is 1. The van der Waals surface area contributed by atoms with Crippen LogP contribution in [-0.2, 0) is 14.4 Å². The molecule has 1 aromatic heterocycles. The minimum Gasteiger partial charge on any atom is -0.380 e. The summed E-state index contributed by atoms with van der Waals surface area (Å²) >= 11 is 1.61. The lowest BCUT2D eigenvalue weighted by atomic mass is 9.82. The van der Waals surface area contributed by atoms with Gasteiger partial charge >= 0.3 is 0 Å². The molecule has 4 rings (SSSR count). The van der Waals surface area contributed by atoms with Gasteiger partial charge in [0, 0.05) is 25.6 Å². The van der Waals surface area contributed by atoms with Gasteiger partial charge in [-0.1, -0.05) is 11.3 Å².